The van der Waals surface area contributed by atoms with Gasteiger partial charge in [0.15, 0.2) is 0 Å². The number of H-pyrrole nitrogens is 1. The Morgan fingerprint density at radius 1 is 1.41 bits per heavy atom. The topological polar surface area (TPSA) is 66.9 Å². The number of rotatable bonds is 6. The fourth-order valence-corrected chi connectivity index (χ4v) is 1.36. The molecular weight excluding hydrogens is 225 g/mol. The van der Waals surface area contributed by atoms with Crippen LogP contribution in [0.25, 0.3) is 0 Å². The molecule has 5 nitrogen and oxygen atoms in total. The van der Waals surface area contributed by atoms with E-state index in [1.165, 1.54) is 0 Å². The highest BCUT2D eigenvalue weighted by Gasteiger charge is 2.02. The molecule has 1 aromatic heterocycles. The second kappa shape index (κ2) is 6.34. The van der Waals surface area contributed by atoms with Crippen molar-refractivity contribution in [3.63, 3.8) is 0 Å². The molecule has 17 heavy (non-hydrogen) atoms. The summed E-state index contributed by atoms with van der Waals surface area (Å²) < 4.78 is 14.1. The van der Waals surface area contributed by atoms with E-state index in [0.29, 0.717) is 19.0 Å². The number of aromatic nitrogens is 2. The van der Waals surface area contributed by atoms with Gasteiger partial charge in [0, 0.05) is 13.1 Å². The van der Waals surface area contributed by atoms with Gasteiger partial charge >= 0.3 is 5.69 Å². The van der Waals surface area contributed by atoms with Gasteiger partial charge < -0.3 is 5.32 Å². The number of nitrogens with one attached hydrogen (secondary N) is 2. The van der Waals surface area contributed by atoms with Gasteiger partial charge in [0.05, 0.1) is 6.20 Å². The second-order valence-electron chi connectivity index (χ2n) is 4.36. The normalized spacial score (nSPS) is 11.1. The minimum atomic E-state index is -0.973. The standard InChI is InChI=1S/C11H18FN3O2/c1-8(2)3-4-13-5-6-15-7-9(12)10(16)14-11(15)17/h7-8,13H,3-6H2,1-2H3,(H,14,16,17). The van der Waals surface area contributed by atoms with E-state index in [0.717, 1.165) is 23.7 Å². The van der Waals surface area contributed by atoms with Crippen molar-refractivity contribution in [2.24, 2.45) is 5.92 Å². The average molecular weight is 243 g/mol. The molecule has 0 aliphatic carbocycles. The number of aromatic amines is 1. The lowest BCUT2D eigenvalue weighted by molar-refractivity contribution is 0.501. The highest BCUT2D eigenvalue weighted by Crippen LogP contribution is 1.95. The maximum absolute atomic E-state index is 12.9. The molecule has 0 radical (unpaired) electrons. The first-order valence-corrected chi connectivity index (χ1v) is 5.70. The van der Waals surface area contributed by atoms with Crippen LogP contribution in [-0.4, -0.2) is 22.6 Å². The van der Waals surface area contributed by atoms with Crippen molar-refractivity contribution in [1.82, 2.24) is 14.9 Å². The van der Waals surface area contributed by atoms with E-state index in [1.54, 1.807) is 0 Å². The van der Waals surface area contributed by atoms with E-state index >= 15 is 0 Å². The molecule has 0 fully saturated rings. The third-order valence-corrected chi connectivity index (χ3v) is 2.40. The lowest BCUT2D eigenvalue weighted by Gasteiger charge is -2.08. The number of hydrogen-bond donors (Lipinski definition) is 2. The van der Waals surface area contributed by atoms with Crippen LogP contribution in [0.2, 0.25) is 0 Å². The van der Waals surface area contributed by atoms with Crippen LogP contribution in [-0.2, 0) is 6.54 Å². The molecule has 0 aliphatic rings. The first kappa shape index (κ1) is 13.6. The maximum atomic E-state index is 12.9. The Labute approximate surface area is 98.7 Å². The van der Waals surface area contributed by atoms with Crippen LogP contribution >= 0.6 is 0 Å². The average Bonchev–Trinajstić information content (AvgIpc) is 2.24. The number of nitrogens with zero attached hydrogens (tertiary/aromatic N) is 1. The summed E-state index contributed by atoms with van der Waals surface area (Å²) >= 11 is 0. The van der Waals surface area contributed by atoms with Crippen LogP contribution in [0.4, 0.5) is 4.39 Å². The van der Waals surface area contributed by atoms with Gasteiger partial charge in [-0.05, 0) is 18.9 Å². The summed E-state index contributed by atoms with van der Waals surface area (Å²) in [4.78, 5) is 24.0. The summed E-state index contributed by atoms with van der Waals surface area (Å²) in [5.74, 6) is -0.317. The lowest BCUT2D eigenvalue weighted by atomic mass is 10.1. The highest BCUT2D eigenvalue weighted by atomic mass is 19.1. The van der Waals surface area contributed by atoms with Gasteiger partial charge in [-0.2, -0.15) is 4.39 Å². The Morgan fingerprint density at radius 2 is 2.12 bits per heavy atom. The van der Waals surface area contributed by atoms with Crippen LogP contribution in [0.1, 0.15) is 20.3 Å². The zero-order valence-corrected chi connectivity index (χ0v) is 10.1. The Balaban J connectivity index is 2.45. The van der Waals surface area contributed by atoms with Crippen LogP contribution in [0, 0.1) is 11.7 Å². The largest absolute Gasteiger partial charge is 0.328 e. The lowest BCUT2D eigenvalue weighted by Crippen LogP contribution is -2.34. The van der Waals surface area contributed by atoms with Crippen LogP contribution in [0.5, 0.6) is 0 Å². The first-order valence-electron chi connectivity index (χ1n) is 5.70. The molecule has 0 spiro atoms. The zero-order valence-electron chi connectivity index (χ0n) is 10.1. The van der Waals surface area contributed by atoms with E-state index in [1.807, 2.05) is 4.98 Å². The van der Waals surface area contributed by atoms with E-state index in [4.69, 9.17) is 0 Å². The SMILES string of the molecule is CC(C)CCNCCn1cc(F)c(=O)[nH]c1=O. The Morgan fingerprint density at radius 3 is 2.76 bits per heavy atom. The van der Waals surface area contributed by atoms with Gasteiger partial charge in [0.2, 0.25) is 5.82 Å². The summed E-state index contributed by atoms with van der Waals surface area (Å²) in [6.07, 6.45) is 1.99. The van der Waals surface area contributed by atoms with E-state index in [2.05, 4.69) is 19.2 Å². The van der Waals surface area contributed by atoms with E-state index < -0.39 is 17.1 Å². The summed E-state index contributed by atoms with van der Waals surface area (Å²) in [5, 5.41) is 3.15. The highest BCUT2D eigenvalue weighted by molar-refractivity contribution is 4.87. The molecule has 2 N–H and O–H groups in total. The molecule has 0 unspecified atom stereocenters. The summed E-state index contributed by atoms with van der Waals surface area (Å²) in [5.41, 5.74) is -1.55. The molecule has 0 atom stereocenters. The van der Waals surface area contributed by atoms with Gasteiger partial charge in [0.25, 0.3) is 5.56 Å². The monoisotopic (exact) mass is 243 g/mol. The van der Waals surface area contributed by atoms with Gasteiger partial charge in [-0.3, -0.25) is 14.3 Å². The molecule has 0 aromatic carbocycles. The molecule has 1 aromatic rings. The van der Waals surface area contributed by atoms with Gasteiger partial charge in [-0.25, -0.2) is 4.79 Å². The third kappa shape index (κ3) is 4.52. The van der Waals surface area contributed by atoms with Crippen LogP contribution in [0.3, 0.4) is 0 Å². The van der Waals surface area contributed by atoms with Gasteiger partial charge in [-0.15, -0.1) is 0 Å². The molecule has 1 heterocycles. The molecule has 0 amide bonds. The van der Waals surface area contributed by atoms with Crippen molar-refractivity contribution >= 4 is 0 Å². The van der Waals surface area contributed by atoms with Crippen molar-refractivity contribution in [1.29, 1.82) is 0 Å². The van der Waals surface area contributed by atoms with Crippen LogP contribution < -0.4 is 16.6 Å². The molecule has 0 bridgehead atoms. The summed E-state index contributed by atoms with van der Waals surface area (Å²) in [7, 11) is 0. The zero-order chi connectivity index (χ0) is 12.8. The predicted octanol–water partition coefficient (Wildman–Crippen LogP) is 0.311. The minimum absolute atomic E-state index is 0.338. The fourth-order valence-electron chi connectivity index (χ4n) is 1.36. The van der Waals surface area contributed by atoms with Crippen molar-refractivity contribution in [3.05, 3.63) is 32.9 Å². The number of halogens is 1. The van der Waals surface area contributed by atoms with Crippen LogP contribution in [0.15, 0.2) is 15.8 Å². The minimum Gasteiger partial charge on any atom is -0.315 e. The quantitative estimate of drug-likeness (QED) is 0.707. The summed E-state index contributed by atoms with van der Waals surface area (Å²) in [6, 6.07) is 0. The Bertz CT molecular complexity index is 465. The molecule has 0 aliphatic heterocycles. The smallest absolute Gasteiger partial charge is 0.315 e. The van der Waals surface area contributed by atoms with Gasteiger partial charge in [-0.1, -0.05) is 13.8 Å². The maximum Gasteiger partial charge on any atom is 0.328 e. The van der Waals surface area contributed by atoms with Crippen molar-refractivity contribution in [2.45, 2.75) is 26.8 Å². The Hall–Kier alpha value is -1.43. The van der Waals surface area contributed by atoms with E-state index in [9.17, 15) is 14.0 Å². The fraction of sp³-hybridized carbons (Fsp3) is 0.636. The molecule has 0 saturated carbocycles. The second-order valence-corrected chi connectivity index (χ2v) is 4.36. The first-order chi connectivity index (χ1) is 8.00. The van der Waals surface area contributed by atoms with Crippen molar-refractivity contribution < 1.29 is 4.39 Å². The summed E-state index contributed by atoms with van der Waals surface area (Å²) in [6.45, 7) is 6.02. The predicted molar refractivity (Wildman–Crippen MR) is 63.6 cm³/mol. The molecule has 96 valence electrons. The van der Waals surface area contributed by atoms with Gasteiger partial charge in [0.1, 0.15) is 0 Å². The molecule has 6 heteroatoms. The van der Waals surface area contributed by atoms with E-state index in [-0.39, 0.29) is 0 Å². The molecular formula is C11H18FN3O2. The molecule has 0 saturated heterocycles. The third-order valence-electron chi connectivity index (χ3n) is 2.40. The van der Waals surface area contributed by atoms with Crippen molar-refractivity contribution in [2.75, 3.05) is 13.1 Å². The van der Waals surface area contributed by atoms with Crippen molar-refractivity contribution in [3.8, 4) is 0 Å². The number of hydrogen-bond acceptors (Lipinski definition) is 3. The molecule has 1 rings (SSSR count). The Kier molecular flexibility index (Phi) is 5.09.